The third-order valence-electron chi connectivity index (χ3n) is 4.07. The van der Waals surface area contributed by atoms with Crippen LogP contribution in [0.2, 0.25) is 0 Å². The number of nitro benzene ring substituents is 1. The van der Waals surface area contributed by atoms with Gasteiger partial charge in [-0.1, -0.05) is 17.4 Å². The zero-order chi connectivity index (χ0) is 15.0. The lowest BCUT2D eigenvalue weighted by atomic mass is 10.0. The van der Waals surface area contributed by atoms with Crippen LogP contribution in [0.15, 0.2) is 34.6 Å². The van der Waals surface area contributed by atoms with Gasteiger partial charge in [0.05, 0.1) is 4.92 Å². The van der Waals surface area contributed by atoms with Crippen molar-refractivity contribution in [2.75, 3.05) is 18.1 Å². The predicted octanol–water partition coefficient (Wildman–Crippen LogP) is 2.98. The molecule has 0 radical (unpaired) electrons. The van der Waals surface area contributed by atoms with Gasteiger partial charge in [0.2, 0.25) is 0 Å². The van der Waals surface area contributed by atoms with Crippen LogP contribution in [-0.2, 0) is 0 Å². The molecule has 7 nitrogen and oxygen atoms in total. The first-order valence-electron chi connectivity index (χ1n) is 7.20. The maximum atomic E-state index is 11.3. The standard InChI is InChI=1S/C14H19N5O2/c1-14(2)13(17-9-5-6-10-17)18(16-15-14)11-7-3-4-8-12(11)19(20)21/h3-4,7-8,13H,5-6,9-10H2,1-2H3. The fraction of sp³-hybridized carbons (Fsp3) is 0.571. The smallest absolute Gasteiger partial charge is 0.280 e. The molecule has 0 spiro atoms. The van der Waals surface area contributed by atoms with Crippen molar-refractivity contribution < 1.29 is 4.92 Å². The SMILES string of the molecule is CC1(C)N=NN(c2ccccc2[N+](=O)[O-])C1N1CCCC1. The van der Waals surface area contributed by atoms with Gasteiger partial charge in [0, 0.05) is 19.2 Å². The van der Waals surface area contributed by atoms with Crippen molar-refractivity contribution in [3.8, 4) is 0 Å². The molecule has 0 bridgehead atoms. The van der Waals surface area contributed by atoms with Gasteiger partial charge in [0.15, 0.2) is 0 Å². The Bertz CT molecular complexity index is 580. The average molecular weight is 289 g/mol. The average Bonchev–Trinajstić information content (AvgIpc) is 3.05. The van der Waals surface area contributed by atoms with E-state index >= 15 is 0 Å². The molecule has 7 heteroatoms. The van der Waals surface area contributed by atoms with Crippen LogP contribution in [0.3, 0.4) is 0 Å². The van der Waals surface area contributed by atoms with E-state index in [-0.39, 0.29) is 22.3 Å². The maximum Gasteiger partial charge on any atom is 0.294 e. The molecule has 2 heterocycles. The van der Waals surface area contributed by atoms with E-state index in [4.69, 9.17) is 0 Å². The molecule has 0 aliphatic carbocycles. The lowest BCUT2D eigenvalue weighted by Gasteiger charge is -2.36. The molecule has 0 saturated carbocycles. The maximum absolute atomic E-state index is 11.3. The Morgan fingerprint density at radius 1 is 1.29 bits per heavy atom. The van der Waals surface area contributed by atoms with Crippen molar-refractivity contribution in [1.29, 1.82) is 0 Å². The van der Waals surface area contributed by atoms with E-state index in [1.54, 1.807) is 23.2 Å². The monoisotopic (exact) mass is 289 g/mol. The molecule has 1 saturated heterocycles. The molecule has 2 aliphatic rings. The Kier molecular flexibility index (Phi) is 3.36. The number of para-hydroxylation sites is 2. The van der Waals surface area contributed by atoms with Crippen LogP contribution in [-0.4, -0.2) is 34.6 Å². The number of anilines is 1. The van der Waals surface area contributed by atoms with Gasteiger partial charge in [-0.25, -0.2) is 5.01 Å². The first kappa shape index (κ1) is 13.9. The van der Waals surface area contributed by atoms with Crippen molar-refractivity contribution in [3.63, 3.8) is 0 Å². The van der Waals surface area contributed by atoms with E-state index in [1.807, 2.05) is 13.8 Å². The van der Waals surface area contributed by atoms with Crippen molar-refractivity contribution >= 4 is 11.4 Å². The lowest BCUT2D eigenvalue weighted by molar-refractivity contribution is -0.384. The van der Waals surface area contributed by atoms with Gasteiger partial charge in [-0.15, -0.1) is 0 Å². The molecule has 0 amide bonds. The number of nitrogens with zero attached hydrogens (tertiary/aromatic N) is 5. The highest BCUT2D eigenvalue weighted by molar-refractivity contribution is 5.63. The summed E-state index contributed by atoms with van der Waals surface area (Å²) in [5.41, 5.74) is 0.195. The normalized spacial score (nSPS) is 24.7. The third-order valence-corrected chi connectivity index (χ3v) is 4.07. The Balaban J connectivity index is 2.01. The summed E-state index contributed by atoms with van der Waals surface area (Å²) >= 11 is 0. The Labute approximate surface area is 123 Å². The van der Waals surface area contributed by atoms with Crippen LogP contribution in [0, 0.1) is 10.1 Å². The highest BCUT2D eigenvalue weighted by atomic mass is 16.6. The van der Waals surface area contributed by atoms with Crippen LogP contribution in [0.25, 0.3) is 0 Å². The second kappa shape index (κ2) is 5.07. The minimum atomic E-state index is -0.381. The van der Waals surface area contributed by atoms with Gasteiger partial charge in [0.25, 0.3) is 5.69 Å². The van der Waals surface area contributed by atoms with E-state index in [9.17, 15) is 10.1 Å². The third kappa shape index (κ3) is 2.37. The molecular formula is C14H19N5O2. The Hall–Kier alpha value is -2.02. The largest absolute Gasteiger partial charge is 0.294 e. The van der Waals surface area contributed by atoms with E-state index < -0.39 is 0 Å². The molecule has 1 aromatic rings. The quantitative estimate of drug-likeness (QED) is 0.633. The molecule has 0 aromatic heterocycles. The van der Waals surface area contributed by atoms with E-state index in [0.717, 1.165) is 25.9 Å². The number of likely N-dealkylation sites (tertiary alicyclic amines) is 1. The van der Waals surface area contributed by atoms with Crippen LogP contribution >= 0.6 is 0 Å². The summed E-state index contributed by atoms with van der Waals surface area (Å²) in [7, 11) is 0. The lowest BCUT2D eigenvalue weighted by Crippen LogP contribution is -2.53. The van der Waals surface area contributed by atoms with Crippen molar-refractivity contribution in [2.24, 2.45) is 10.3 Å². The number of rotatable bonds is 3. The van der Waals surface area contributed by atoms with Gasteiger partial charge in [-0.2, -0.15) is 5.11 Å². The summed E-state index contributed by atoms with van der Waals surface area (Å²) in [5.74, 6) is 0. The van der Waals surface area contributed by atoms with Crippen LogP contribution in [0.4, 0.5) is 11.4 Å². The zero-order valence-corrected chi connectivity index (χ0v) is 12.3. The number of hydrogen-bond acceptors (Lipinski definition) is 6. The molecule has 1 aromatic carbocycles. The second-order valence-corrected chi connectivity index (χ2v) is 6.05. The van der Waals surface area contributed by atoms with Crippen molar-refractivity contribution in [2.45, 2.75) is 38.4 Å². The summed E-state index contributed by atoms with van der Waals surface area (Å²) in [6.07, 6.45) is 2.23. The number of benzene rings is 1. The van der Waals surface area contributed by atoms with Crippen LogP contribution in [0.1, 0.15) is 26.7 Å². The number of hydrogen-bond donors (Lipinski definition) is 0. The molecule has 112 valence electrons. The second-order valence-electron chi connectivity index (χ2n) is 6.05. The van der Waals surface area contributed by atoms with E-state index in [0.29, 0.717) is 5.69 Å². The summed E-state index contributed by atoms with van der Waals surface area (Å²) in [4.78, 5) is 13.2. The fourth-order valence-electron chi connectivity index (χ4n) is 3.14. The first-order valence-corrected chi connectivity index (χ1v) is 7.20. The molecule has 1 fully saturated rings. The molecule has 21 heavy (non-hydrogen) atoms. The van der Waals surface area contributed by atoms with Gasteiger partial charge in [-0.05, 0) is 32.8 Å². The minimum absolute atomic E-state index is 0.0679. The molecule has 1 atom stereocenters. The predicted molar refractivity (Wildman–Crippen MR) is 79.1 cm³/mol. The minimum Gasteiger partial charge on any atom is -0.280 e. The van der Waals surface area contributed by atoms with Crippen LogP contribution < -0.4 is 5.01 Å². The molecule has 1 unspecified atom stereocenters. The summed E-state index contributed by atoms with van der Waals surface area (Å²) in [6, 6.07) is 6.72. The van der Waals surface area contributed by atoms with Crippen LogP contribution in [0.5, 0.6) is 0 Å². The molecule has 0 N–H and O–H groups in total. The summed E-state index contributed by atoms with van der Waals surface area (Å²) in [5, 5.41) is 21.6. The van der Waals surface area contributed by atoms with Gasteiger partial charge in [-0.3, -0.25) is 15.0 Å². The van der Waals surface area contributed by atoms with E-state index in [1.165, 1.54) is 6.07 Å². The van der Waals surface area contributed by atoms with E-state index in [2.05, 4.69) is 15.2 Å². The van der Waals surface area contributed by atoms with Crippen molar-refractivity contribution in [1.82, 2.24) is 4.90 Å². The molecule has 3 rings (SSSR count). The molecule has 2 aliphatic heterocycles. The first-order chi connectivity index (χ1) is 10.0. The Morgan fingerprint density at radius 3 is 2.62 bits per heavy atom. The summed E-state index contributed by atoms with van der Waals surface area (Å²) in [6.45, 7) is 6.01. The summed E-state index contributed by atoms with van der Waals surface area (Å²) < 4.78 is 0. The highest BCUT2D eigenvalue weighted by Gasteiger charge is 2.46. The van der Waals surface area contributed by atoms with Crippen molar-refractivity contribution in [3.05, 3.63) is 34.4 Å². The van der Waals surface area contributed by atoms with Gasteiger partial charge >= 0.3 is 0 Å². The van der Waals surface area contributed by atoms with Gasteiger partial charge in [0.1, 0.15) is 17.4 Å². The van der Waals surface area contributed by atoms with Gasteiger partial charge < -0.3 is 0 Å². The highest BCUT2D eigenvalue weighted by Crippen LogP contribution is 2.39. The number of nitro groups is 1. The zero-order valence-electron chi connectivity index (χ0n) is 12.3. The molecular weight excluding hydrogens is 270 g/mol. The Morgan fingerprint density at radius 2 is 1.95 bits per heavy atom. The topological polar surface area (TPSA) is 74.3 Å². The fourth-order valence-corrected chi connectivity index (χ4v) is 3.14.